The Morgan fingerprint density at radius 1 is 1.39 bits per heavy atom. The molecule has 2 fully saturated rings. The number of nitrogens with one attached hydrogen (secondary N) is 1. The summed E-state index contributed by atoms with van der Waals surface area (Å²) in [5.41, 5.74) is 1.35. The summed E-state index contributed by atoms with van der Waals surface area (Å²) in [5, 5.41) is 3.65. The Bertz CT molecular complexity index is 393. The minimum absolute atomic E-state index is 0.726. The van der Waals surface area contributed by atoms with Gasteiger partial charge in [0.25, 0.3) is 0 Å². The highest BCUT2D eigenvalue weighted by Gasteiger charge is 2.33. The smallest absolute Gasteiger partial charge is 0.119 e. The second-order valence-electron chi connectivity index (χ2n) is 5.51. The number of hydrogen-bond donors (Lipinski definition) is 1. The summed E-state index contributed by atoms with van der Waals surface area (Å²) < 4.78 is 5.28. The number of nitrogens with zero attached hydrogens (tertiary/aromatic N) is 1. The molecule has 2 saturated heterocycles. The van der Waals surface area contributed by atoms with Gasteiger partial charge in [-0.2, -0.15) is 0 Å². The van der Waals surface area contributed by atoms with E-state index < -0.39 is 0 Å². The number of ether oxygens (including phenoxy) is 1. The van der Waals surface area contributed by atoms with Crippen LogP contribution in [-0.2, 0) is 6.54 Å². The fourth-order valence-corrected chi connectivity index (χ4v) is 3.29. The summed E-state index contributed by atoms with van der Waals surface area (Å²) in [5.74, 6) is 1.83. The number of likely N-dealkylation sites (tertiary alicyclic amines) is 1. The van der Waals surface area contributed by atoms with E-state index in [1.54, 1.807) is 7.11 Å². The molecular weight excluding hydrogens is 224 g/mol. The maximum Gasteiger partial charge on any atom is 0.119 e. The molecule has 2 atom stereocenters. The Kier molecular flexibility index (Phi) is 3.52. The Labute approximate surface area is 109 Å². The van der Waals surface area contributed by atoms with Crippen molar-refractivity contribution in [1.29, 1.82) is 0 Å². The molecule has 3 heteroatoms. The van der Waals surface area contributed by atoms with Crippen molar-refractivity contribution in [3.8, 4) is 5.75 Å². The van der Waals surface area contributed by atoms with Gasteiger partial charge in [-0.3, -0.25) is 4.90 Å². The minimum atomic E-state index is 0.726. The molecule has 1 aromatic rings. The number of fused-ring (bicyclic) bond motifs is 1. The van der Waals surface area contributed by atoms with Crippen LogP contribution in [-0.4, -0.2) is 37.7 Å². The zero-order valence-electron chi connectivity index (χ0n) is 11.1. The van der Waals surface area contributed by atoms with Gasteiger partial charge in [0.1, 0.15) is 5.75 Å². The van der Waals surface area contributed by atoms with Crippen molar-refractivity contribution in [3.63, 3.8) is 0 Å². The fourth-order valence-electron chi connectivity index (χ4n) is 3.29. The van der Waals surface area contributed by atoms with Crippen LogP contribution in [0.25, 0.3) is 0 Å². The van der Waals surface area contributed by atoms with E-state index >= 15 is 0 Å². The number of methoxy groups -OCH3 is 1. The number of piperidine rings is 1. The van der Waals surface area contributed by atoms with Crippen LogP contribution < -0.4 is 10.1 Å². The van der Waals surface area contributed by atoms with Crippen LogP contribution in [0.3, 0.4) is 0 Å². The summed E-state index contributed by atoms with van der Waals surface area (Å²) in [6.45, 7) is 4.69. The SMILES string of the molecule is COc1cccc(CN2C[C@@H]3CCCN[C@@H]3C2)c1. The summed E-state index contributed by atoms with van der Waals surface area (Å²) in [6.07, 6.45) is 2.74. The third-order valence-electron chi connectivity index (χ3n) is 4.22. The lowest BCUT2D eigenvalue weighted by molar-refractivity contribution is 0.312. The van der Waals surface area contributed by atoms with Gasteiger partial charge in [0, 0.05) is 25.7 Å². The molecule has 2 aliphatic heterocycles. The van der Waals surface area contributed by atoms with E-state index in [0.29, 0.717) is 0 Å². The van der Waals surface area contributed by atoms with Crippen LogP contribution >= 0.6 is 0 Å². The van der Waals surface area contributed by atoms with Gasteiger partial charge in [0.2, 0.25) is 0 Å². The molecule has 3 rings (SSSR count). The first kappa shape index (κ1) is 12.0. The van der Waals surface area contributed by atoms with Crippen LogP contribution in [0.5, 0.6) is 5.75 Å². The first-order valence-electron chi connectivity index (χ1n) is 6.94. The molecular formula is C15H22N2O. The normalized spacial score (nSPS) is 28.1. The molecule has 1 aromatic carbocycles. The number of benzene rings is 1. The molecule has 2 heterocycles. The third-order valence-corrected chi connectivity index (χ3v) is 4.22. The molecule has 1 N–H and O–H groups in total. The van der Waals surface area contributed by atoms with Gasteiger partial charge in [0.15, 0.2) is 0 Å². The molecule has 0 amide bonds. The van der Waals surface area contributed by atoms with E-state index in [-0.39, 0.29) is 0 Å². The molecule has 0 unspecified atom stereocenters. The molecule has 0 spiro atoms. The average Bonchev–Trinajstić information content (AvgIpc) is 2.81. The minimum Gasteiger partial charge on any atom is -0.497 e. The van der Waals surface area contributed by atoms with Gasteiger partial charge in [-0.05, 0) is 43.0 Å². The quantitative estimate of drug-likeness (QED) is 0.881. The molecule has 98 valence electrons. The predicted octanol–water partition coefficient (Wildman–Crippen LogP) is 1.88. The summed E-state index contributed by atoms with van der Waals surface area (Å²) in [6, 6.07) is 9.15. The van der Waals surface area contributed by atoms with E-state index in [4.69, 9.17) is 4.74 Å². The highest BCUT2D eigenvalue weighted by atomic mass is 16.5. The van der Waals surface area contributed by atoms with Crippen LogP contribution in [0.4, 0.5) is 0 Å². The Morgan fingerprint density at radius 3 is 3.17 bits per heavy atom. The van der Waals surface area contributed by atoms with Gasteiger partial charge in [-0.1, -0.05) is 12.1 Å². The molecule has 0 bridgehead atoms. The average molecular weight is 246 g/mol. The van der Waals surface area contributed by atoms with Gasteiger partial charge >= 0.3 is 0 Å². The van der Waals surface area contributed by atoms with E-state index in [1.807, 2.05) is 6.07 Å². The summed E-state index contributed by atoms with van der Waals surface area (Å²) >= 11 is 0. The lowest BCUT2D eigenvalue weighted by Crippen LogP contribution is -2.40. The molecule has 3 nitrogen and oxygen atoms in total. The van der Waals surface area contributed by atoms with Crippen molar-refractivity contribution in [2.75, 3.05) is 26.7 Å². The molecule has 0 saturated carbocycles. The largest absolute Gasteiger partial charge is 0.497 e. The second-order valence-corrected chi connectivity index (χ2v) is 5.51. The number of hydrogen-bond acceptors (Lipinski definition) is 3. The first-order chi connectivity index (χ1) is 8.85. The Balaban J connectivity index is 1.63. The third kappa shape index (κ3) is 2.52. The topological polar surface area (TPSA) is 24.5 Å². The van der Waals surface area contributed by atoms with Crippen molar-refractivity contribution in [1.82, 2.24) is 10.2 Å². The van der Waals surface area contributed by atoms with Crippen molar-refractivity contribution in [2.24, 2.45) is 5.92 Å². The van der Waals surface area contributed by atoms with Gasteiger partial charge in [-0.15, -0.1) is 0 Å². The second kappa shape index (κ2) is 5.29. The Morgan fingerprint density at radius 2 is 2.33 bits per heavy atom. The molecule has 18 heavy (non-hydrogen) atoms. The highest BCUT2D eigenvalue weighted by Crippen LogP contribution is 2.26. The van der Waals surface area contributed by atoms with Gasteiger partial charge in [0.05, 0.1) is 7.11 Å². The number of rotatable bonds is 3. The van der Waals surface area contributed by atoms with E-state index in [2.05, 4.69) is 28.4 Å². The van der Waals surface area contributed by atoms with E-state index in [0.717, 1.165) is 24.3 Å². The van der Waals surface area contributed by atoms with Crippen molar-refractivity contribution < 1.29 is 4.74 Å². The van der Waals surface area contributed by atoms with Gasteiger partial charge < -0.3 is 10.1 Å². The van der Waals surface area contributed by atoms with E-state index in [1.165, 1.54) is 38.0 Å². The van der Waals surface area contributed by atoms with Gasteiger partial charge in [-0.25, -0.2) is 0 Å². The maximum atomic E-state index is 5.28. The van der Waals surface area contributed by atoms with Crippen LogP contribution in [0.2, 0.25) is 0 Å². The van der Waals surface area contributed by atoms with Crippen LogP contribution in [0.1, 0.15) is 18.4 Å². The fraction of sp³-hybridized carbons (Fsp3) is 0.600. The zero-order chi connectivity index (χ0) is 12.4. The first-order valence-corrected chi connectivity index (χ1v) is 6.94. The standard InChI is InChI=1S/C15H22N2O/c1-18-14-6-2-4-12(8-14)9-17-10-13-5-3-7-16-15(13)11-17/h2,4,6,8,13,15-16H,3,5,7,9-11H2,1H3/t13-,15+/m0/s1. The van der Waals surface area contributed by atoms with Crippen molar-refractivity contribution >= 4 is 0 Å². The van der Waals surface area contributed by atoms with Crippen molar-refractivity contribution in [2.45, 2.75) is 25.4 Å². The lowest BCUT2D eigenvalue weighted by atomic mass is 9.94. The monoisotopic (exact) mass is 246 g/mol. The zero-order valence-corrected chi connectivity index (χ0v) is 11.1. The predicted molar refractivity (Wildman–Crippen MR) is 72.8 cm³/mol. The highest BCUT2D eigenvalue weighted by molar-refractivity contribution is 5.28. The maximum absolute atomic E-state index is 5.28. The molecule has 2 aliphatic rings. The van der Waals surface area contributed by atoms with Crippen molar-refractivity contribution in [3.05, 3.63) is 29.8 Å². The summed E-state index contributed by atoms with van der Waals surface area (Å²) in [4.78, 5) is 2.57. The lowest BCUT2D eigenvalue weighted by Gasteiger charge is -2.24. The Hall–Kier alpha value is -1.06. The van der Waals surface area contributed by atoms with E-state index in [9.17, 15) is 0 Å². The van der Waals surface area contributed by atoms with Crippen LogP contribution in [0.15, 0.2) is 24.3 Å². The molecule has 0 radical (unpaired) electrons. The molecule has 0 aromatic heterocycles. The molecule has 0 aliphatic carbocycles. The van der Waals surface area contributed by atoms with Crippen LogP contribution in [0, 0.1) is 5.92 Å². The summed E-state index contributed by atoms with van der Waals surface area (Å²) in [7, 11) is 1.73.